The number of halogens is 1. The van der Waals surface area contributed by atoms with Crippen LogP contribution < -0.4 is 22.5 Å². The predicted octanol–water partition coefficient (Wildman–Crippen LogP) is 2.77. The first-order valence-corrected chi connectivity index (χ1v) is 7.71. The van der Waals surface area contributed by atoms with Crippen LogP contribution in [0.15, 0.2) is 41.3 Å². The zero-order valence-electron chi connectivity index (χ0n) is 11.8. The average Bonchev–Trinajstić information content (AvgIpc) is 2.95. The lowest BCUT2D eigenvalue weighted by molar-refractivity contribution is -0.195. The van der Waals surface area contributed by atoms with Gasteiger partial charge in [-0.1, -0.05) is 29.5 Å². The average molecular weight is 349 g/mol. The number of hydrogen-bond acceptors (Lipinski definition) is 7. The standard InChI is InChI=1S/C15H13ClN4O2S/c16-10-2-4-12-14(19-20-15(12)8-10)6-1-9-7-11(23-22-21-18)3-5-13(9)17/h2-5,7-8,14,19-20H,17-18H2. The minimum absolute atomic E-state index is 0.151. The first kappa shape index (κ1) is 16.0. The highest BCUT2D eigenvalue weighted by molar-refractivity contribution is 7.94. The molecule has 2 aromatic rings. The highest BCUT2D eigenvalue weighted by atomic mass is 35.5. The molecule has 0 amide bonds. The van der Waals surface area contributed by atoms with Crippen LogP contribution in [0.3, 0.4) is 0 Å². The Balaban J connectivity index is 1.83. The molecular formula is C15H13ClN4O2S. The van der Waals surface area contributed by atoms with Crippen molar-refractivity contribution < 1.29 is 9.32 Å². The fourth-order valence-electron chi connectivity index (χ4n) is 2.13. The van der Waals surface area contributed by atoms with Crippen molar-refractivity contribution in [2.24, 2.45) is 5.90 Å². The smallest absolute Gasteiger partial charge is 0.114 e. The van der Waals surface area contributed by atoms with Crippen molar-refractivity contribution in [3.05, 3.63) is 52.5 Å². The molecule has 0 aliphatic carbocycles. The number of nitrogens with two attached hydrogens (primary N) is 2. The molecule has 6 N–H and O–H groups in total. The molecule has 2 aromatic carbocycles. The molecule has 8 heteroatoms. The normalized spacial score (nSPS) is 15.5. The maximum atomic E-state index is 5.97. The summed E-state index contributed by atoms with van der Waals surface area (Å²) in [5.41, 5.74) is 15.3. The number of hydrogen-bond donors (Lipinski definition) is 4. The summed E-state index contributed by atoms with van der Waals surface area (Å²) in [5.74, 6) is 11.0. The van der Waals surface area contributed by atoms with Gasteiger partial charge in [0.25, 0.3) is 0 Å². The number of anilines is 2. The van der Waals surface area contributed by atoms with Crippen molar-refractivity contribution in [1.82, 2.24) is 5.43 Å². The van der Waals surface area contributed by atoms with E-state index in [4.69, 9.17) is 23.2 Å². The van der Waals surface area contributed by atoms with E-state index in [9.17, 15) is 0 Å². The minimum Gasteiger partial charge on any atom is -0.398 e. The molecule has 0 spiro atoms. The van der Waals surface area contributed by atoms with Crippen LogP contribution in [-0.2, 0) is 9.32 Å². The second-order valence-electron chi connectivity index (χ2n) is 4.70. The Hall–Kier alpha value is -1.92. The third-order valence-corrected chi connectivity index (χ3v) is 4.05. The Bertz CT molecular complexity index is 791. The lowest BCUT2D eigenvalue weighted by Gasteiger charge is -2.04. The molecule has 0 saturated heterocycles. The third kappa shape index (κ3) is 3.71. The van der Waals surface area contributed by atoms with Crippen molar-refractivity contribution in [3.63, 3.8) is 0 Å². The monoisotopic (exact) mass is 348 g/mol. The Morgan fingerprint density at radius 2 is 2.09 bits per heavy atom. The second kappa shape index (κ2) is 7.10. The second-order valence-corrected chi connectivity index (χ2v) is 5.91. The van der Waals surface area contributed by atoms with Crippen molar-refractivity contribution in [1.29, 1.82) is 0 Å². The van der Waals surface area contributed by atoms with E-state index in [0.29, 0.717) is 16.3 Å². The highest BCUT2D eigenvalue weighted by Crippen LogP contribution is 2.30. The van der Waals surface area contributed by atoms with Crippen molar-refractivity contribution in [2.45, 2.75) is 10.9 Å². The Morgan fingerprint density at radius 1 is 1.22 bits per heavy atom. The van der Waals surface area contributed by atoms with E-state index in [2.05, 4.69) is 32.0 Å². The summed E-state index contributed by atoms with van der Waals surface area (Å²) in [4.78, 5) is 4.85. The van der Waals surface area contributed by atoms with E-state index in [1.165, 1.54) is 0 Å². The molecule has 0 saturated carbocycles. The number of hydrazine groups is 1. The minimum atomic E-state index is -0.151. The van der Waals surface area contributed by atoms with Gasteiger partial charge in [0.05, 0.1) is 17.7 Å². The first-order valence-electron chi connectivity index (χ1n) is 6.59. The highest BCUT2D eigenvalue weighted by Gasteiger charge is 2.19. The molecule has 3 rings (SSSR count). The van der Waals surface area contributed by atoms with Crippen LogP contribution in [0.1, 0.15) is 17.2 Å². The van der Waals surface area contributed by atoms with Gasteiger partial charge in [-0.2, -0.15) is 5.90 Å². The van der Waals surface area contributed by atoms with Crippen molar-refractivity contribution >= 4 is 35.0 Å². The SMILES string of the molecule is NOOSc1ccc(N)c(C#CC2NNc3cc(Cl)ccc32)c1. The van der Waals surface area contributed by atoms with Gasteiger partial charge in [-0.05, 0) is 30.3 Å². The van der Waals surface area contributed by atoms with Gasteiger partial charge < -0.3 is 11.2 Å². The van der Waals surface area contributed by atoms with Crippen LogP contribution in [0.25, 0.3) is 0 Å². The van der Waals surface area contributed by atoms with Gasteiger partial charge in [0.1, 0.15) is 6.04 Å². The summed E-state index contributed by atoms with van der Waals surface area (Å²) in [6, 6.07) is 10.8. The predicted molar refractivity (Wildman–Crippen MR) is 90.9 cm³/mol. The van der Waals surface area contributed by atoms with Crippen LogP contribution in [0.5, 0.6) is 0 Å². The lowest BCUT2D eigenvalue weighted by Crippen LogP contribution is -2.17. The molecule has 0 aromatic heterocycles. The van der Waals surface area contributed by atoms with Gasteiger partial charge in [-0.25, -0.2) is 5.43 Å². The summed E-state index contributed by atoms with van der Waals surface area (Å²) in [6.07, 6.45) is 0. The van der Waals surface area contributed by atoms with E-state index in [1.54, 1.807) is 18.2 Å². The van der Waals surface area contributed by atoms with Crippen LogP contribution in [-0.4, -0.2) is 0 Å². The Labute approximate surface area is 142 Å². The van der Waals surface area contributed by atoms with Crippen LogP contribution >= 0.6 is 23.6 Å². The van der Waals surface area contributed by atoms with E-state index in [1.807, 2.05) is 18.2 Å². The van der Waals surface area contributed by atoms with E-state index >= 15 is 0 Å². The molecule has 1 aliphatic rings. The summed E-state index contributed by atoms with van der Waals surface area (Å²) < 4.78 is 4.62. The molecule has 0 fully saturated rings. The molecule has 0 bridgehead atoms. The Morgan fingerprint density at radius 3 is 2.91 bits per heavy atom. The van der Waals surface area contributed by atoms with Crippen LogP contribution in [0, 0.1) is 11.8 Å². The third-order valence-electron chi connectivity index (χ3n) is 3.22. The zero-order chi connectivity index (χ0) is 16.2. The molecule has 1 atom stereocenters. The van der Waals surface area contributed by atoms with Crippen LogP contribution in [0.2, 0.25) is 5.02 Å². The maximum absolute atomic E-state index is 5.97. The quantitative estimate of drug-likeness (QED) is 0.223. The van der Waals surface area contributed by atoms with Crippen LogP contribution in [0.4, 0.5) is 11.4 Å². The van der Waals surface area contributed by atoms with E-state index in [0.717, 1.165) is 28.2 Å². The Kier molecular flexibility index (Phi) is 4.93. The number of benzene rings is 2. The van der Waals surface area contributed by atoms with E-state index < -0.39 is 0 Å². The molecule has 1 aliphatic heterocycles. The fourth-order valence-corrected chi connectivity index (χ4v) is 2.71. The number of fused-ring (bicyclic) bond motifs is 1. The van der Waals surface area contributed by atoms with Gasteiger partial charge in [0.2, 0.25) is 0 Å². The molecule has 6 nitrogen and oxygen atoms in total. The van der Waals surface area contributed by atoms with Gasteiger partial charge >= 0.3 is 0 Å². The largest absolute Gasteiger partial charge is 0.398 e. The topological polar surface area (TPSA) is 94.6 Å². The zero-order valence-corrected chi connectivity index (χ0v) is 13.4. The lowest BCUT2D eigenvalue weighted by atomic mass is 10.1. The number of nitrogens with one attached hydrogen (secondary N) is 2. The summed E-state index contributed by atoms with van der Waals surface area (Å²) in [5, 5.41) is 0.669. The summed E-state index contributed by atoms with van der Waals surface area (Å²) in [6.45, 7) is 0. The van der Waals surface area contributed by atoms with Gasteiger partial charge in [0, 0.05) is 26.7 Å². The molecule has 1 heterocycles. The number of rotatable bonds is 3. The van der Waals surface area contributed by atoms with Crippen molar-refractivity contribution in [2.75, 3.05) is 11.2 Å². The van der Waals surface area contributed by atoms with E-state index in [-0.39, 0.29) is 6.04 Å². The number of nitrogen functional groups attached to an aromatic ring is 1. The fraction of sp³-hybridized carbons (Fsp3) is 0.0667. The van der Waals surface area contributed by atoms with Gasteiger partial charge in [-0.3, -0.25) is 0 Å². The van der Waals surface area contributed by atoms with Gasteiger partial charge in [0.15, 0.2) is 0 Å². The maximum Gasteiger partial charge on any atom is 0.114 e. The summed E-state index contributed by atoms with van der Waals surface area (Å²) in [7, 11) is 0. The molecule has 1 unspecified atom stereocenters. The molecular weight excluding hydrogens is 336 g/mol. The van der Waals surface area contributed by atoms with Crippen molar-refractivity contribution in [3.8, 4) is 11.8 Å². The van der Waals surface area contributed by atoms with Gasteiger partial charge in [-0.15, -0.1) is 9.32 Å². The molecule has 118 valence electrons. The summed E-state index contributed by atoms with van der Waals surface area (Å²) >= 11 is 6.95. The first-order chi connectivity index (χ1) is 11.2. The molecule has 23 heavy (non-hydrogen) atoms. The molecule has 0 radical (unpaired) electrons.